The van der Waals surface area contributed by atoms with E-state index in [0.717, 1.165) is 21.6 Å². The Morgan fingerprint density at radius 2 is 1.85 bits per heavy atom. The van der Waals surface area contributed by atoms with Gasteiger partial charge in [0.05, 0.1) is 7.11 Å². The molecular weight excluding hydrogens is 518 g/mol. The van der Waals surface area contributed by atoms with E-state index in [0.29, 0.717) is 34.2 Å². The number of urea groups is 1. The molecule has 1 aliphatic rings. The van der Waals surface area contributed by atoms with Crippen molar-refractivity contribution in [1.82, 2.24) is 10.2 Å². The lowest BCUT2D eigenvalue weighted by atomic mass is 10.0. The van der Waals surface area contributed by atoms with Gasteiger partial charge in [0.25, 0.3) is 5.91 Å². The summed E-state index contributed by atoms with van der Waals surface area (Å²) in [6.45, 7) is 5.57. The molecule has 39 heavy (non-hydrogen) atoms. The Morgan fingerprint density at radius 3 is 2.54 bits per heavy atom. The maximum atomic E-state index is 13.0. The molecule has 0 radical (unpaired) electrons. The maximum Gasteiger partial charge on any atom is 0.329 e. The summed E-state index contributed by atoms with van der Waals surface area (Å²) in [4.78, 5) is 38.8. The van der Waals surface area contributed by atoms with Crippen LogP contribution in [0.15, 0.2) is 79.0 Å². The van der Waals surface area contributed by atoms with Crippen LogP contribution >= 0.6 is 11.6 Å². The van der Waals surface area contributed by atoms with Crippen molar-refractivity contribution in [2.45, 2.75) is 20.0 Å². The summed E-state index contributed by atoms with van der Waals surface area (Å²) < 4.78 is 11.7. The summed E-state index contributed by atoms with van der Waals surface area (Å²) in [7, 11) is 1.52. The largest absolute Gasteiger partial charge is 0.493 e. The van der Waals surface area contributed by atoms with E-state index < -0.39 is 24.4 Å². The summed E-state index contributed by atoms with van der Waals surface area (Å²) in [5.74, 6) is -0.129. The number of ether oxygens (including phenoxy) is 2. The number of anilines is 1. The lowest BCUT2D eigenvalue weighted by Crippen LogP contribution is -2.38. The highest BCUT2D eigenvalue weighted by atomic mass is 35.5. The molecule has 0 saturated carbocycles. The van der Waals surface area contributed by atoms with Gasteiger partial charge in [-0.05, 0) is 55.3 Å². The van der Waals surface area contributed by atoms with Crippen LogP contribution in [0.25, 0.3) is 6.08 Å². The van der Waals surface area contributed by atoms with Crippen molar-refractivity contribution in [2.24, 2.45) is 0 Å². The summed E-state index contributed by atoms with van der Waals surface area (Å²) in [5.41, 5.74) is 3.86. The summed E-state index contributed by atoms with van der Waals surface area (Å²) in [5, 5.41) is 5.83. The number of aryl methyl sites for hydroxylation is 1. The van der Waals surface area contributed by atoms with Gasteiger partial charge in [-0.1, -0.05) is 53.6 Å². The standard InChI is InChI=1S/C30H28ClN3O5/c1-4-7-21-14-20(16-26(38-3)28(21)39-18-22-8-5-6-9-24(22)31)15-25-29(36)34(30(37)33-25)17-27(35)32-23-12-10-19(2)11-13-23/h4-6,8-16H,1,7,17-18H2,2-3H3,(H,32,35)(H,33,37)/b25-15+. The van der Waals surface area contributed by atoms with Gasteiger partial charge in [0.2, 0.25) is 5.91 Å². The molecule has 1 saturated heterocycles. The molecule has 1 aliphatic heterocycles. The van der Waals surface area contributed by atoms with Gasteiger partial charge >= 0.3 is 6.03 Å². The van der Waals surface area contributed by atoms with Crippen LogP contribution in [0.3, 0.4) is 0 Å². The monoisotopic (exact) mass is 545 g/mol. The summed E-state index contributed by atoms with van der Waals surface area (Å²) in [6.07, 6.45) is 3.73. The number of nitrogens with zero attached hydrogens (tertiary/aromatic N) is 1. The average molecular weight is 546 g/mol. The maximum absolute atomic E-state index is 13.0. The van der Waals surface area contributed by atoms with E-state index in [1.54, 1.807) is 30.3 Å². The molecule has 9 heteroatoms. The Labute approximate surface area is 231 Å². The van der Waals surface area contributed by atoms with Crippen LogP contribution in [0.5, 0.6) is 11.5 Å². The molecule has 200 valence electrons. The van der Waals surface area contributed by atoms with Gasteiger partial charge in [0, 0.05) is 21.8 Å². The lowest BCUT2D eigenvalue weighted by molar-refractivity contribution is -0.127. The van der Waals surface area contributed by atoms with E-state index in [-0.39, 0.29) is 12.3 Å². The second kappa shape index (κ2) is 12.3. The second-order valence-electron chi connectivity index (χ2n) is 8.88. The average Bonchev–Trinajstić information content (AvgIpc) is 3.17. The molecule has 3 aromatic rings. The molecule has 1 fully saturated rings. The van der Waals surface area contributed by atoms with Crippen molar-refractivity contribution >= 4 is 41.2 Å². The first-order chi connectivity index (χ1) is 18.8. The number of hydrogen-bond acceptors (Lipinski definition) is 5. The molecular formula is C30H28ClN3O5. The number of methoxy groups -OCH3 is 1. The number of allylic oxidation sites excluding steroid dienone is 1. The number of rotatable bonds is 10. The highest BCUT2D eigenvalue weighted by Gasteiger charge is 2.35. The van der Waals surface area contributed by atoms with E-state index in [4.69, 9.17) is 21.1 Å². The minimum absolute atomic E-state index is 0.0412. The van der Waals surface area contributed by atoms with Crippen molar-refractivity contribution in [1.29, 1.82) is 0 Å². The van der Waals surface area contributed by atoms with Crippen molar-refractivity contribution in [2.75, 3.05) is 19.0 Å². The first-order valence-corrected chi connectivity index (χ1v) is 12.6. The third-order valence-electron chi connectivity index (χ3n) is 5.98. The van der Waals surface area contributed by atoms with Crippen LogP contribution < -0.4 is 20.1 Å². The molecule has 4 amide bonds. The Bertz CT molecular complexity index is 1450. The third-order valence-corrected chi connectivity index (χ3v) is 6.35. The lowest BCUT2D eigenvalue weighted by Gasteiger charge is -2.16. The molecule has 0 atom stereocenters. The van der Waals surface area contributed by atoms with Crippen LogP contribution in [0, 0.1) is 6.92 Å². The molecule has 4 rings (SSSR count). The van der Waals surface area contributed by atoms with Crippen LogP contribution in [0.4, 0.5) is 10.5 Å². The zero-order valence-corrected chi connectivity index (χ0v) is 22.4. The minimum Gasteiger partial charge on any atom is -0.493 e. The van der Waals surface area contributed by atoms with Crippen molar-refractivity contribution in [3.05, 3.63) is 106 Å². The highest BCUT2D eigenvalue weighted by Crippen LogP contribution is 2.35. The van der Waals surface area contributed by atoms with E-state index in [1.807, 2.05) is 43.3 Å². The topological polar surface area (TPSA) is 97.0 Å². The zero-order valence-electron chi connectivity index (χ0n) is 21.6. The predicted molar refractivity (Wildman–Crippen MR) is 151 cm³/mol. The molecule has 8 nitrogen and oxygen atoms in total. The number of benzene rings is 3. The fourth-order valence-corrected chi connectivity index (χ4v) is 4.21. The third kappa shape index (κ3) is 6.66. The second-order valence-corrected chi connectivity index (χ2v) is 9.29. The molecule has 0 spiro atoms. The quantitative estimate of drug-likeness (QED) is 0.199. The molecule has 0 aromatic heterocycles. The summed E-state index contributed by atoms with van der Waals surface area (Å²) in [6, 6.07) is 17.5. The van der Waals surface area contributed by atoms with Gasteiger partial charge < -0.3 is 20.1 Å². The van der Waals surface area contributed by atoms with Gasteiger partial charge in [-0.2, -0.15) is 0 Å². The number of carbonyl (C=O) groups is 3. The Kier molecular flexibility index (Phi) is 8.68. The Balaban J connectivity index is 1.53. The molecule has 0 aliphatic carbocycles. The van der Waals surface area contributed by atoms with E-state index in [9.17, 15) is 14.4 Å². The number of imide groups is 1. The van der Waals surface area contributed by atoms with E-state index >= 15 is 0 Å². The SMILES string of the molecule is C=CCc1cc(/C=C2/NC(=O)N(CC(=O)Nc3ccc(C)cc3)C2=O)cc(OC)c1OCc1ccccc1Cl. The van der Waals surface area contributed by atoms with Gasteiger partial charge in [-0.25, -0.2) is 9.69 Å². The van der Waals surface area contributed by atoms with Gasteiger partial charge in [-0.15, -0.1) is 6.58 Å². The molecule has 0 bridgehead atoms. The van der Waals surface area contributed by atoms with Gasteiger partial charge in [0.15, 0.2) is 11.5 Å². The molecule has 0 unspecified atom stereocenters. The predicted octanol–water partition coefficient (Wildman–Crippen LogP) is 5.50. The van der Waals surface area contributed by atoms with Crippen LogP contribution in [0.1, 0.15) is 22.3 Å². The Morgan fingerprint density at radius 1 is 1.10 bits per heavy atom. The van der Waals surface area contributed by atoms with Gasteiger partial charge in [0.1, 0.15) is 18.8 Å². The number of hydrogen-bond donors (Lipinski definition) is 2. The molecule has 2 N–H and O–H groups in total. The van der Waals surface area contributed by atoms with E-state index in [1.165, 1.54) is 13.2 Å². The first-order valence-electron chi connectivity index (χ1n) is 12.2. The van der Waals surface area contributed by atoms with Crippen molar-refractivity contribution in [3.63, 3.8) is 0 Å². The number of nitrogens with one attached hydrogen (secondary N) is 2. The van der Waals surface area contributed by atoms with Crippen LogP contribution in [-0.2, 0) is 22.6 Å². The smallest absolute Gasteiger partial charge is 0.329 e. The first kappa shape index (κ1) is 27.5. The van der Waals surface area contributed by atoms with Gasteiger partial charge in [-0.3, -0.25) is 9.59 Å². The van der Waals surface area contributed by atoms with Crippen LogP contribution in [0.2, 0.25) is 5.02 Å². The summed E-state index contributed by atoms with van der Waals surface area (Å²) >= 11 is 6.27. The van der Waals surface area contributed by atoms with Crippen molar-refractivity contribution < 1.29 is 23.9 Å². The number of halogens is 1. The van der Waals surface area contributed by atoms with Crippen LogP contribution in [-0.4, -0.2) is 36.4 Å². The zero-order chi connectivity index (χ0) is 27.9. The number of carbonyl (C=O) groups excluding carboxylic acids is 3. The Hall–Kier alpha value is -4.56. The highest BCUT2D eigenvalue weighted by molar-refractivity contribution is 6.31. The normalized spacial score (nSPS) is 13.8. The molecule has 1 heterocycles. The fraction of sp³-hybridized carbons (Fsp3) is 0.167. The number of amides is 4. The van der Waals surface area contributed by atoms with E-state index in [2.05, 4.69) is 17.2 Å². The fourth-order valence-electron chi connectivity index (χ4n) is 4.02. The van der Waals surface area contributed by atoms with Crippen molar-refractivity contribution in [3.8, 4) is 11.5 Å². The molecule has 3 aromatic carbocycles. The minimum atomic E-state index is -0.678.